The van der Waals surface area contributed by atoms with Gasteiger partial charge in [-0.1, -0.05) is 0 Å². The van der Waals surface area contributed by atoms with Crippen molar-refractivity contribution in [3.8, 4) is 0 Å². The van der Waals surface area contributed by atoms with Crippen LogP contribution < -0.4 is 0 Å². The summed E-state index contributed by atoms with van der Waals surface area (Å²) in [6, 6.07) is 0. The molecule has 1 N–H and O–H groups in total. The van der Waals surface area contributed by atoms with Crippen LogP contribution in [0.25, 0.3) is 0 Å². The van der Waals surface area contributed by atoms with Crippen LogP contribution in [0.3, 0.4) is 0 Å². The molecule has 5 atom stereocenters. The van der Waals surface area contributed by atoms with Crippen LogP contribution in [0.5, 0.6) is 0 Å². The molecule has 3 rings (SSSR count). The minimum Gasteiger partial charge on any atom is -0.393 e. The van der Waals surface area contributed by atoms with Crippen molar-refractivity contribution >= 4 is 5.78 Å². The summed E-state index contributed by atoms with van der Waals surface area (Å²) in [5, 5.41) is 9.80. The maximum absolute atomic E-state index is 11.5. The standard InChI is InChI=1S/C10H14O2/c11-8-4-3-5-6-1-2-7(9(5)8)10(6)12/h5-7,9-10,12H,1-4H2/t5-,6+,7-,9-,10+/m0/s1. The van der Waals surface area contributed by atoms with Crippen LogP contribution in [0.4, 0.5) is 0 Å². The van der Waals surface area contributed by atoms with Crippen LogP contribution in [0.1, 0.15) is 25.7 Å². The number of aliphatic hydroxyl groups is 1. The molecule has 2 nitrogen and oxygen atoms in total. The molecule has 3 saturated carbocycles. The van der Waals surface area contributed by atoms with Crippen molar-refractivity contribution in [1.29, 1.82) is 0 Å². The molecule has 0 unspecified atom stereocenters. The van der Waals surface area contributed by atoms with Crippen molar-refractivity contribution < 1.29 is 9.90 Å². The molecule has 3 fully saturated rings. The fourth-order valence-corrected chi connectivity index (χ4v) is 3.83. The monoisotopic (exact) mass is 166 g/mol. The third-order valence-electron chi connectivity index (χ3n) is 4.28. The molecule has 3 aliphatic carbocycles. The van der Waals surface area contributed by atoms with E-state index >= 15 is 0 Å². The van der Waals surface area contributed by atoms with Gasteiger partial charge in [0.15, 0.2) is 0 Å². The minimum atomic E-state index is -0.135. The van der Waals surface area contributed by atoms with Crippen molar-refractivity contribution in [2.75, 3.05) is 0 Å². The first-order valence-corrected chi connectivity index (χ1v) is 5.00. The molecule has 0 spiro atoms. The van der Waals surface area contributed by atoms with Crippen LogP contribution in [0.15, 0.2) is 0 Å². The molecule has 0 radical (unpaired) electrons. The van der Waals surface area contributed by atoms with E-state index in [1.54, 1.807) is 0 Å². The first kappa shape index (κ1) is 7.07. The molecule has 0 aliphatic heterocycles. The molecule has 12 heavy (non-hydrogen) atoms. The summed E-state index contributed by atoms with van der Waals surface area (Å²) in [5.74, 6) is 2.08. The Hall–Kier alpha value is -0.370. The largest absolute Gasteiger partial charge is 0.393 e. The van der Waals surface area contributed by atoms with Crippen molar-refractivity contribution in [3.63, 3.8) is 0 Å². The predicted octanol–water partition coefficient (Wildman–Crippen LogP) is 0.982. The van der Waals surface area contributed by atoms with E-state index in [4.69, 9.17) is 0 Å². The highest BCUT2D eigenvalue weighted by Gasteiger charge is 2.58. The third kappa shape index (κ3) is 0.634. The second-order valence-corrected chi connectivity index (χ2v) is 4.59. The van der Waals surface area contributed by atoms with E-state index in [1.807, 2.05) is 0 Å². The lowest BCUT2D eigenvalue weighted by Gasteiger charge is -2.21. The number of aliphatic hydroxyl groups excluding tert-OH is 1. The van der Waals surface area contributed by atoms with Crippen LogP contribution >= 0.6 is 0 Å². The Labute approximate surface area is 72.0 Å². The van der Waals surface area contributed by atoms with E-state index in [9.17, 15) is 9.90 Å². The fourth-order valence-electron chi connectivity index (χ4n) is 3.83. The molecule has 3 aliphatic rings. The van der Waals surface area contributed by atoms with Crippen LogP contribution in [0.2, 0.25) is 0 Å². The zero-order valence-electron chi connectivity index (χ0n) is 7.07. The van der Waals surface area contributed by atoms with Gasteiger partial charge in [0.1, 0.15) is 5.78 Å². The molecule has 0 saturated heterocycles. The van der Waals surface area contributed by atoms with Crippen molar-refractivity contribution in [2.45, 2.75) is 31.8 Å². The van der Waals surface area contributed by atoms with Crippen LogP contribution in [-0.2, 0) is 4.79 Å². The number of rotatable bonds is 0. The molecule has 0 aromatic rings. The fraction of sp³-hybridized carbons (Fsp3) is 0.900. The number of fused-ring (bicyclic) bond motifs is 5. The average Bonchev–Trinajstić information content (AvgIpc) is 2.66. The zero-order chi connectivity index (χ0) is 8.29. The molecule has 0 heterocycles. The average molecular weight is 166 g/mol. The number of Topliss-reactive ketones (excluding diaryl/α,β-unsaturated/α-hetero) is 1. The number of hydrogen-bond donors (Lipinski definition) is 1. The summed E-state index contributed by atoms with van der Waals surface area (Å²) in [5.41, 5.74) is 0. The summed E-state index contributed by atoms with van der Waals surface area (Å²) in [7, 11) is 0. The van der Waals surface area contributed by atoms with Crippen molar-refractivity contribution in [3.05, 3.63) is 0 Å². The highest BCUT2D eigenvalue weighted by Crippen LogP contribution is 2.57. The first-order chi connectivity index (χ1) is 5.79. The van der Waals surface area contributed by atoms with Crippen molar-refractivity contribution in [1.82, 2.24) is 0 Å². The maximum Gasteiger partial charge on any atom is 0.136 e. The van der Waals surface area contributed by atoms with Crippen LogP contribution in [-0.4, -0.2) is 17.0 Å². The molecule has 0 aromatic carbocycles. The van der Waals surface area contributed by atoms with Gasteiger partial charge in [0.2, 0.25) is 0 Å². The first-order valence-electron chi connectivity index (χ1n) is 5.00. The molecule has 0 aromatic heterocycles. The summed E-state index contributed by atoms with van der Waals surface area (Å²) in [4.78, 5) is 11.5. The van der Waals surface area contributed by atoms with E-state index in [2.05, 4.69) is 0 Å². The summed E-state index contributed by atoms with van der Waals surface area (Å²) < 4.78 is 0. The Morgan fingerprint density at radius 1 is 1.08 bits per heavy atom. The smallest absolute Gasteiger partial charge is 0.136 e. The highest BCUT2D eigenvalue weighted by atomic mass is 16.3. The summed E-state index contributed by atoms with van der Waals surface area (Å²) >= 11 is 0. The second kappa shape index (κ2) is 2.11. The lowest BCUT2D eigenvalue weighted by Crippen LogP contribution is -2.22. The normalized spacial score (nSPS) is 56.4. The summed E-state index contributed by atoms with van der Waals surface area (Å²) in [6.45, 7) is 0. The minimum absolute atomic E-state index is 0.135. The van der Waals surface area contributed by atoms with E-state index in [1.165, 1.54) is 6.42 Å². The molecule has 0 amide bonds. The Balaban J connectivity index is 1.98. The SMILES string of the molecule is O=C1CC[C@H]2[C@H]3CC[C@H]([C@@H]3O)[C@@H]12. The van der Waals surface area contributed by atoms with E-state index in [0.717, 1.165) is 19.3 Å². The van der Waals surface area contributed by atoms with E-state index in [-0.39, 0.29) is 12.0 Å². The van der Waals surface area contributed by atoms with Gasteiger partial charge in [-0.2, -0.15) is 0 Å². The molecule has 2 bridgehead atoms. The van der Waals surface area contributed by atoms with Gasteiger partial charge < -0.3 is 5.11 Å². The van der Waals surface area contributed by atoms with Crippen LogP contribution in [0, 0.1) is 23.7 Å². The number of hydrogen-bond acceptors (Lipinski definition) is 2. The quantitative estimate of drug-likeness (QED) is 0.582. The number of carbonyl (C=O) groups excluding carboxylic acids is 1. The van der Waals surface area contributed by atoms with Gasteiger partial charge in [-0.15, -0.1) is 0 Å². The van der Waals surface area contributed by atoms with Gasteiger partial charge in [-0.3, -0.25) is 4.79 Å². The van der Waals surface area contributed by atoms with Gasteiger partial charge in [-0.05, 0) is 37.0 Å². The lowest BCUT2D eigenvalue weighted by molar-refractivity contribution is -0.122. The molecular weight excluding hydrogens is 152 g/mol. The van der Waals surface area contributed by atoms with Gasteiger partial charge in [0, 0.05) is 12.3 Å². The van der Waals surface area contributed by atoms with Gasteiger partial charge in [-0.25, -0.2) is 0 Å². The number of carbonyl (C=O) groups is 1. The Morgan fingerprint density at radius 2 is 1.83 bits per heavy atom. The number of ketones is 1. The van der Waals surface area contributed by atoms with Crippen molar-refractivity contribution in [2.24, 2.45) is 23.7 Å². The van der Waals surface area contributed by atoms with Gasteiger partial charge in [0.25, 0.3) is 0 Å². The van der Waals surface area contributed by atoms with Gasteiger partial charge >= 0.3 is 0 Å². The summed E-state index contributed by atoms with van der Waals surface area (Å²) in [6.07, 6.45) is 3.97. The predicted molar refractivity (Wildman–Crippen MR) is 43.4 cm³/mol. The Bertz CT molecular complexity index is 234. The third-order valence-corrected chi connectivity index (χ3v) is 4.28. The van der Waals surface area contributed by atoms with E-state index in [0.29, 0.717) is 23.5 Å². The van der Waals surface area contributed by atoms with E-state index < -0.39 is 0 Å². The topological polar surface area (TPSA) is 37.3 Å². The second-order valence-electron chi connectivity index (χ2n) is 4.59. The zero-order valence-corrected chi connectivity index (χ0v) is 7.07. The maximum atomic E-state index is 11.5. The molecular formula is C10H14O2. The molecule has 66 valence electrons. The highest BCUT2D eigenvalue weighted by molar-refractivity contribution is 5.84. The Morgan fingerprint density at radius 3 is 2.58 bits per heavy atom. The Kier molecular flexibility index (Phi) is 1.24. The van der Waals surface area contributed by atoms with Gasteiger partial charge in [0.05, 0.1) is 6.10 Å². The molecule has 2 heteroatoms. The lowest BCUT2D eigenvalue weighted by atomic mass is 9.81.